The van der Waals surface area contributed by atoms with E-state index in [2.05, 4.69) is 13.2 Å². The summed E-state index contributed by atoms with van der Waals surface area (Å²) in [6.45, 7) is 17.2. The normalized spacial score (nSPS) is 9.68. The van der Waals surface area contributed by atoms with E-state index < -0.39 is 12.2 Å². The molecule has 0 fully saturated rings. The van der Waals surface area contributed by atoms with Crippen LogP contribution in [0.2, 0.25) is 0 Å². The Morgan fingerprint density at radius 1 is 1.11 bits per heavy atom. The van der Waals surface area contributed by atoms with Crippen molar-refractivity contribution in [3.63, 3.8) is 0 Å². The third kappa shape index (κ3) is 106. The average Bonchev–Trinajstić information content (AvgIpc) is 2.32. The van der Waals surface area contributed by atoms with Crippen LogP contribution >= 0.6 is 0 Å². The number of Topliss-reactive ketones (excluding diaryl/α,β-unsaturated/α-hetero) is 1. The number of allylic oxidation sites excluding steroid dienone is 2. The smallest absolute Gasteiger partial charge is 0.129 e. The van der Waals surface area contributed by atoms with Gasteiger partial charge in [0.1, 0.15) is 5.78 Å². The first-order valence-electron chi connectivity index (χ1n) is 5.92. The Balaban J connectivity index is -0.0000000302. The van der Waals surface area contributed by atoms with Gasteiger partial charge in [0.15, 0.2) is 0 Å². The van der Waals surface area contributed by atoms with Gasteiger partial charge < -0.3 is 20.5 Å². The number of rotatable bonds is 3. The van der Waals surface area contributed by atoms with Gasteiger partial charge in [0.05, 0.1) is 12.2 Å². The molecule has 0 aliphatic rings. The summed E-state index contributed by atoms with van der Waals surface area (Å²) in [7, 11) is 0. The van der Waals surface area contributed by atoms with Crippen LogP contribution in [0.5, 0.6) is 0 Å². The molecule has 2 unspecified atom stereocenters. The number of aliphatic hydroxyl groups is 2. The lowest BCUT2D eigenvalue weighted by Crippen LogP contribution is -2.17. The summed E-state index contributed by atoms with van der Waals surface area (Å²) in [6.07, 6.45) is 2.76. The Hall–Kier alpha value is -0.970. The van der Waals surface area contributed by atoms with Crippen molar-refractivity contribution in [2.45, 2.75) is 67.6 Å². The monoisotopic (exact) mass is 280 g/mol. The van der Waals surface area contributed by atoms with E-state index >= 15 is 0 Å². The van der Waals surface area contributed by atoms with Gasteiger partial charge in [0.2, 0.25) is 0 Å². The first-order chi connectivity index (χ1) is 7.83. The molecule has 0 bridgehead atoms. The van der Waals surface area contributed by atoms with Crippen molar-refractivity contribution < 1.29 is 20.5 Å². The number of carbonyl (C=O) groups is 1. The number of hydrogen-bond acceptors (Lipinski definition) is 3. The molecule has 4 N–H and O–H groups in total. The average molecular weight is 280 g/mol. The van der Waals surface area contributed by atoms with E-state index in [-0.39, 0.29) is 18.7 Å². The zero-order chi connectivity index (χ0) is 14.9. The Kier molecular flexibility index (Phi) is 68.4. The van der Waals surface area contributed by atoms with Gasteiger partial charge in [0, 0.05) is 6.42 Å². The van der Waals surface area contributed by atoms with Crippen LogP contribution in [0.15, 0.2) is 25.3 Å². The van der Waals surface area contributed by atoms with Crippen molar-refractivity contribution in [1.29, 1.82) is 0 Å². The van der Waals surface area contributed by atoms with Crippen molar-refractivity contribution >= 4 is 5.78 Å². The SMILES string of the molecule is C.C=CC=C.CC.CC(O)C(C)O.CCC(C)=O.O. The predicted molar refractivity (Wildman–Crippen MR) is 86.4 cm³/mol. The highest BCUT2D eigenvalue weighted by molar-refractivity contribution is 5.74. The van der Waals surface area contributed by atoms with E-state index in [1.54, 1.807) is 32.9 Å². The molecule has 0 aromatic rings. The third-order valence-corrected chi connectivity index (χ3v) is 1.36. The molecule has 0 aliphatic carbocycles. The lowest BCUT2D eigenvalue weighted by atomic mass is 10.3. The van der Waals surface area contributed by atoms with Gasteiger partial charge in [-0.15, -0.1) is 0 Å². The van der Waals surface area contributed by atoms with Crippen LogP contribution in [0.25, 0.3) is 0 Å². The number of hydrogen-bond donors (Lipinski definition) is 2. The molecule has 19 heavy (non-hydrogen) atoms. The lowest BCUT2D eigenvalue weighted by molar-refractivity contribution is -0.116. The lowest BCUT2D eigenvalue weighted by Gasteiger charge is -2.03. The van der Waals surface area contributed by atoms with Crippen molar-refractivity contribution in [3.05, 3.63) is 25.3 Å². The summed E-state index contributed by atoms with van der Waals surface area (Å²) >= 11 is 0. The zero-order valence-corrected chi connectivity index (χ0v) is 12.7. The predicted octanol–water partition coefficient (Wildman–Crippen LogP) is 2.93. The van der Waals surface area contributed by atoms with Gasteiger partial charge in [-0.2, -0.15) is 0 Å². The molecule has 0 saturated carbocycles. The molecular formula is C15H36O4. The molecule has 0 aromatic heterocycles. The number of carbonyl (C=O) groups excluding carboxylic acids is 1. The molecule has 4 heteroatoms. The van der Waals surface area contributed by atoms with Gasteiger partial charge >= 0.3 is 0 Å². The molecule has 2 atom stereocenters. The quantitative estimate of drug-likeness (QED) is 0.779. The second-order valence-electron chi connectivity index (χ2n) is 3.01. The largest absolute Gasteiger partial charge is 0.412 e. The Morgan fingerprint density at radius 3 is 1.26 bits per heavy atom. The summed E-state index contributed by atoms with van der Waals surface area (Å²) in [5.41, 5.74) is 0. The van der Waals surface area contributed by atoms with Crippen molar-refractivity contribution in [2.24, 2.45) is 0 Å². The standard InChI is InChI=1S/C4H10O2.C4H8O.C4H6.C2H6.CH4.H2O/c1-3(5)4(2)6;1-3-4(2)5;1-3-4-2;1-2;;/h3-6H,1-2H3;3H2,1-2H3;3-4H,1-2H2;1-2H3;1H4;1H2. The van der Waals surface area contributed by atoms with Crippen LogP contribution in [0.4, 0.5) is 0 Å². The van der Waals surface area contributed by atoms with E-state index in [0.717, 1.165) is 0 Å². The van der Waals surface area contributed by atoms with E-state index in [1.807, 2.05) is 20.8 Å². The van der Waals surface area contributed by atoms with Gasteiger partial charge in [0.25, 0.3) is 0 Å². The minimum absolute atomic E-state index is 0. The fourth-order valence-electron chi connectivity index (χ4n) is 0. The maximum absolute atomic E-state index is 9.81. The fourth-order valence-corrected chi connectivity index (χ4v) is 0. The zero-order valence-electron chi connectivity index (χ0n) is 12.7. The molecule has 0 rings (SSSR count). The molecule has 0 aromatic carbocycles. The summed E-state index contributed by atoms with van der Waals surface area (Å²) in [5, 5.41) is 16.8. The molecule has 0 aliphatic heterocycles. The first-order valence-corrected chi connectivity index (χ1v) is 5.92. The summed E-state index contributed by atoms with van der Waals surface area (Å²) in [6, 6.07) is 0. The van der Waals surface area contributed by atoms with Crippen LogP contribution in [-0.2, 0) is 4.79 Å². The topological polar surface area (TPSA) is 89.0 Å². The summed E-state index contributed by atoms with van der Waals surface area (Å²) < 4.78 is 0. The minimum atomic E-state index is -0.593. The highest BCUT2D eigenvalue weighted by Gasteiger charge is 1.99. The number of ketones is 1. The molecule has 0 radical (unpaired) electrons. The van der Waals surface area contributed by atoms with Crippen molar-refractivity contribution in [2.75, 3.05) is 0 Å². The summed E-state index contributed by atoms with van der Waals surface area (Å²) in [5.74, 6) is 0.255. The van der Waals surface area contributed by atoms with Crippen LogP contribution in [0.3, 0.4) is 0 Å². The second-order valence-corrected chi connectivity index (χ2v) is 3.01. The molecule has 120 valence electrons. The van der Waals surface area contributed by atoms with Crippen LogP contribution in [-0.4, -0.2) is 33.7 Å². The van der Waals surface area contributed by atoms with Gasteiger partial charge in [-0.05, 0) is 20.8 Å². The maximum atomic E-state index is 9.81. The molecule has 4 nitrogen and oxygen atoms in total. The molecule has 0 amide bonds. The maximum Gasteiger partial charge on any atom is 0.129 e. The third-order valence-electron chi connectivity index (χ3n) is 1.36. The molecule has 0 saturated heterocycles. The van der Waals surface area contributed by atoms with Crippen LogP contribution in [0, 0.1) is 0 Å². The van der Waals surface area contributed by atoms with Crippen LogP contribution in [0.1, 0.15) is 55.4 Å². The Bertz CT molecular complexity index is 152. The van der Waals surface area contributed by atoms with Crippen molar-refractivity contribution in [3.8, 4) is 0 Å². The second kappa shape index (κ2) is 36.0. The van der Waals surface area contributed by atoms with Crippen LogP contribution < -0.4 is 0 Å². The van der Waals surface area contributed by atoms with Gasteiger partial charge in [-0.3, -0.25) is 0 Å². The fraction of sp³-hybridized carbons (Fsp3) is 0.667. The molecule has 0 spiro atoms. The van der Waals surface area contributed by atoms with Crippen molar-refractivity contribution in [1.82, 2.24) is 0 Å². The van der Waals surface area contributed by atoms with E-state index in [4.69, 9.17) is 10.2 Å². The van der Waals surface area contributed by atoms with Gasteiger partial charge in [-0.1, -0.05) is 53.5 Å². The minimum Gasteiger partial charge on any atom is -0.412 e. The summed E-state index contributed by atoms with van der Waals surface area (Å²) in [4.78, 5) is 9.81. The highest BCUT2D eigenvalue weighted by atomic mass is 16.3. The van der Waals surface area contributed by atoms with Gasteiger partial charge in [-0.25, -0.2) is 0 Å². The highest BCUT2D eigenvalue weighted by Crippen LogP contribution is 1.85. The Labute approximate surface area is 120 Å². The van der Waals surface area contributed by atoms with E-state index in [9.17, 15) is 4.79 Å². The molecule has 0 heterocycles. The number of aliphatic hydroxyl groups excluding tert-OH is 2. The molecular weight excluding hydrogens is 244 g/mol. The van der Waals surface area contributed by atoms with E-state index in [0.29, 0.717) is 6.42 Å². The van der Waals surface area contributed by atoms with E-state index in [1.165, 1.54) is 0 Å². The Morgan fingerprint density at radius 2 is 1.26 bits per heavy atom. The first kappa shape index (κ1) is 36.1.